The second-order valence-electron chi connectivity index (χ2n) is 3.61. The molecule has 86 valence electrons. The van der Waals surface area contributed by atoms with E-state index >= 15 is 0 Å². The number of carbonyl (C=O) groups is 1. The maximum Gasteiger partial charge on any atom is 0.308 e. The highest BCUT2D eigenvalue weighted by molar-refractivity contribution is 8.00. The van der Waals surface area contributed by atoms with Gasteiger partial charge in [-0.05, 0) is 19.1 Å². The Kier molecular flexibility index (Phi) is 3.39. The molecule has 16 heavy (non-hydrogen) atoms. The lowest BCUT2D eigenvalue weighted by Crippen LogP contribution is -2.31. The first kappa shape index (κ1) is 11.3. The van der Waals surface area contributed by atoms with E-state index in [1.165, 1.54) is 17.7 Å². The van der Waals surface area contributed by atoms with Crippen molar-refractivity contribution >= 4 is 23.4 Å². The zero-order valence-corrected chi connectivity index (χ0v) is 10.3. The zero-order valence-electron chi connectivity index (χ0n) is 9.47. The fraction of sp³-hybridized carbons (Fsp3) is 0.417. The zero-order chi connectivity index (χ0) is 11.5. The second-order valence-corrected chi connectivity index (χ2v) is 4.83. The van der Waals surface area contributed by atoms with Crippen LogP contribution in [0.3, 0.4) is 0 Å². The Morgan fingerprint density at radius 3 is 2.94 bits per heavy atom. The quantitative estimate of drug-likeness (QED) is 0.755. The van der Waals surface area contributed by atoms with Crippen LogP contribution in [-0.4, -0.2) is 25.0 Å². The molecular formula is C12H15NO2S. The molecule has 0 radical (unpaired) electrons. The van der Waals surface area contributed by atoms with Gasteiger partial charge in [-0.15, -0.1) is 0 Å². The predicted octanol–water partition coefficient (Wildman–Crippen LogP) is 2.51. The molecule has 1 aromatic rings. The van der Waals surface area contributed by atoms with Gasteiger partial charge in [0.25, 0.3) is 0 Å². The number of esters is 1. The maximum absolute atomic E-state index is 11.3. The van der Waals surface area contributed by atoms with Crippen LogP contribution in [-0.2, 0) is 9.53 Å². The Labute approximate surface area is 99.8 Å². The van der Waals surface area contributed by atoms with E-state index in [-0.39, 0.29) is 11.3 Å². The largest absolute Gasteiger partial charge is 0.469 e. The minimum absolute atomic E-state index is 0.149. The Morgan fingerprint density at radius 1 is 1.50 bits per heavy atom. The summed E-state index contributed by atoms with van der Waals surface area (Å²) in [6, 6.07) is 8.26. The molecule has 1 aromatic carbocycles. The van der Waals surface area contributed by atoms with Gasteiger partial charge in [-0.1, -0.05) is 23.9 Å². The van der Waals surface area contributed by atoms with Crippen LogP contribution in [0.25, 0.3) is 0 Å². The van der Waals surface area contributed by atoms with Gasteiger partial charge in [0.05, 0.1) is 24.6 Å². The van der Waals surface area contributed by atoms with Gasteiger partial charge in [0, 0.05) is 11.4 Å². The van der Waals surface area contributed by atoms with Gasteiger partial charge >= 0.3 is 5.97 Å². The van der Waals surface area contributed by atoms with E-state index < -0.39 is 0 Å². The third-order valence-electron chi connectivity index (χ3n) is 2.69. The molecule has 2 rings (SSSR count). The Bertz CT molecular complexity index is 394. The highest BCUT2D eigenvalue weighted by Crippen LogP contribution is 2.44. The van der Waals surface area contributed by atoms with E-state index in [1.54, 1.807) is 11.8 Å². The number of rotatable bonds is 3. The van der Waals surface area contributed by atoms with E-state index in [1.807, 2.05) is 12.1 Å². The van der Waals surface area contributed by atoms with E-state index in [0.717, 1.165) is 6.54 Å². The standard InChI is InChI=1S/C12H15NO2S/c1-3-13-9-6-4-5-7-10(9)16-11(13)8-12(14)15-2/h4-7,11H,3,8H2,1-2H3. The van der Waals surface area contributed by atoms with E-state index in [4.69, 9.17) is 4.74 Å². The number of nitrogens with zero attached hydrogens (tertiary/aromatic N) is 1. The molecule has 0 aliphatic carbocycles. The van der Waals surface area contributed by atoms with Crippen LogP contribution in [0.15, 0.2) is 29.2 Å². The van der Waals surface area contributed by atoms with Crippen molar-refractivity contribution in [1.82, 2.24) is 0 Å². The highest BCUT2D eigenvalue weighted by atomic mass is 32.2. The number of fused-ring (bicyclic) bond motifs is 1. The summed E-state index contributed by atoms with van der Waals surface area (Å²) in [6.45, 7) is 3.01. The Morgan fingerprint density at radius 2 is 2.25 bits per heavy atom. The van der Waals surface area contributed by atoms with Crippen LogP contribution in [0.4, 0.5) is 5.69 Å². The van der Waals surface area contributed by atoms with Crippen molar-refractivity contribution in [3.63, 3.8) is 0 Å². The van der Waals surface area contributed by atoms with Gasteiger partial charge < -0.3 is 9.64 Å². The third kappa shape index (κ3) is 2.02. The Balaban J connectivity index is 2.17. The second kappa shape index (κ2) is 4.78. The minimum Gasteiger partial charge on any atom is -0.469 e. The molecule has 0 spiro atoms. The number of hydrogen-bond donors (Lipinski definition) is 0. The number of methoxy groups -OCH3 is 1. The number of ether oxygens (including phenoxy) is 1. The Hall–Kier alpha value is -1.16. The van der Waals surface area contributed by atoms with Crippen LogP contribution in [0.1, 0.15) is 13.3 Å². The fourth-order valence-corrected chi connectivity index (χ4v) is 3.28. The average Bonchev–Trinajstić information content (AvgIpc) is 2.65. The number of hydrogen-bond acceptors (Lipinski definition) is 4. The van der Waals surface area contributed by atoms with E-state index in [2.05, 4.69) is 24.0 Å². The van der Waals surface area contributed by atoms with Crippen molar-refractivity contribution in [3.8, 4) is 0 Å². The minimum atomic E-state index is -0.149. The van der Waals surface area contributed by atoms with Gasteiger partial charge in [0.2, 0.25) is 0 Å². The first-order valence-corrected chi connectivity index (χ1v) is 6.23. The van der Waals surface area contributed by atoms with Crippen molar-refractivity contribution in [2.24, 2.45) is 0 Å². The van der Waals surface area contributed by atoms with Crippen molar-refractivity contribution in [1.29, 1.82) is 0 Å². The van der Waals surface area contributed by atoms with E-state index in [9.17, 15) is 4.79 Å². The molecule has 0 aromatic heterocycles. The summed E-state index contributed by atoms with van der Waals surface area (Å²) in [7, 11) is 1.44. The lowest BCUT2D eigenvalue weighted by atomic mass is 10.2. The molecule has 0 fully saturated rings. The summed E-state index contributed by atoms with van der Waals surface area (Å²) in [5.74, 6) is -0.149. The number of thioether (sulfide) groups is 1. The summed E-state index contributed by atoms with van der Waals surface area (Å²) < 4.78 is 4.72. The summed E-state index contributed by atoms with van der Waals surface area (Å²) >= 11 is 1.74. The number of benzene rings is 1. The predicted molar refractivity (Wildman–Crippen MR) is 65.7 cm³/mol. The van der Waals surface area contributed by atoms with E-state index in [0.29, 0.717) is 6.42 Å². The number of carbonyl (C=O) groups excluding carboxylic acids is 1. The molecule has 4 heteroatoms. The average molecular weight is 237 g/mol. The lowest BCUT2D eigenvalue weighted by Gasteiger charge is -2.23. The summed E-state index contributed by atoms with van der Waals surface area (Å²) in [4.78, 5) is 14.8. The molecule has 0 amide bonds. The smallest absolute Gasteiger partial charge is 0.308 e. The first-order valence-electron chi connectivity index (χ1n) is 5.35. The number of anilines is 1. The van der Waals surface area contributed by atoms with Gasteiger partial charge in [0.1, 0.15) is 0 Å². The van der Waals surface area contributed by atoms with Crippen LogP contribution < -0.4 is 4.90 Å². The molecule has 3 nitrogen and oxygen atoms in total. The maximum atomic E-state index is 11.3. The summed E-state index contributed by atoms with van der Waals surface area (Å²) in [5, 5.41) is 0.176. The first-order chi connectivity index (χ1) is 7.76. The molecule has 1 aliphatic rings. The summed E-state index contributed by atoms with van der Waals surface area (Å²) in [6.07, 6.45) is 0.434. The molecule has 0 saturated carbocycles. The monoisotopic (exact) mass is 237 g/mol. The molecule has 1 aliphatic heterocycles. The highest BCUT2D eigenvalue weighted by Gasteiger charge is 2.30. The van der Waals surface area contributed by atoms with Crippen LogP contribution in [0.2, 0.25) is 0 Å². The van der Waals surface area contributed by atoms with Gasteiger partial charge in [-0.25, -0.2) is 0 Å². The SMILES string of the molecule is CCN1c2ccccc2SC1CC(=O)OC. The van der Waals surface area contributed by atoms with Crippen LogP contribution >= 0.6 is 11.8 Å². The fourth-order valence-electron chi connectivity index (χ4n) is 1.91. The normalized spacial score (nSPS) is 18.4. The van der Waals surface area contributed by atoms with Crippen molar-refractivity contribution < 1.29 is 9.53 Å². The van der Waals surface area contributed by atoms with Gasteiger partial charge in [0.15, 0.2) is 0 Å². The molecule has 0 N–H and O–H groups in total. The van der Waals surface area contributed by atoms with Crippen LogP contribution in [0.5, 0.6) is 0 Å². The van der Waals surface area contributed by atoms with Crippen molar-refractivity contribution in [2.45, 2.75) is 23.6 Å². The molecule has 1 heterocycles. The molecule has 0 saturated heterocycles. The number of para-hydroxylation sites is 1. The third-order valence-corrected chi connectivity index (χ3v) is 3.99. The molecular weight excluding hydrogens is 222 g/mol. The van der Waals surface area contributed by atoms with Crippen molar-refractivity contribution in [2.75, 3.05) is 18.6 Å². The van der Waals surface area contributed by atoms with Crippen LogP contribution in [0, 0.1) is 0 Å². The molecule has 1 atom stereocenters. The molecule has 1 unspecified atom stereocenters. The van der Waals surface area contributed by atoms with Gasteiger partial charge in [-0.3, -0.25) is 4.79 Å². The van der Waals surface area contributed by atoms with Gasteiger partial charge in [-0.2, -0.15) is 0 Å². The topological polar surface area (TPSA) is 29.5 Å². The molecule has 0 bridgehead atoms. The lowest BCUT2D eigenvalue weighted by molar-refractivity contribution is -0.140. The summed E-state index contributed by atoms with van der Waals surface area (Å²) in [5.41, 5.74) is 1.23. The van der Waals surface area contributed by atoms with Crippen molar-refractivity contribution in [3.05, 3.63) is 24.3 Å².